The van der Waals surface area contributed by atoms with Gasteiger partial charge in [-0.05, 0) is 106 Å². The third-order valence-corrected chi connectivity index (χ3v) is 7.76. The van der Waals surface area contributed by atoms with Gasteiger partial charge in [0.15, 0.2) is 0 Å². The number of pyridine rings is 1. The summed E-state index contributed by atoms with van der Waals surface area (Å²) in [7, 11) is 0. The average molecular weight is 514 g/mol. The summed E-state index contributed by atoms with van der Waals surface area (Å²) >= 11 is 0. The van der Waals surface area contributed by atoms with E-state index in [1.807, 2.05) is 6.20 Å². The number of aromatic nitrogens is 1. The highest BCUT2D eigenvalue weighted by molar-refractivity contribution is 6.06. The minimum atomic E-state index is 0.0911. The Morgan fingerprint density at radius 1 is 0.744 bits per heavy atom. The lowest BCUT2D eigenvalue weighted by atomic mass is 9.82. The first-order chi connectivity index (χ1) is 18.4. The molecule has 0 fully saturated rings. The van der Waals surface area contributed by atoms with E-state index >= 15 is 0 Å². The highest BCUT2D eigenvalue weighted by atomic mass is 16.5. The third-order valence-electron chi connectivity index (χ3n) is 7.76. The minimum Gasteiger partial charge on any atom is -0.456 e. The monoisotopic (exact) mass is 513 g/mol. The summed E-state index contributed by atoms with van der Waals surface area (Å²) in [6.45, 7) is 18.2. The Bertz CT molecular complexity index is 1740. The number of fused-ring (bicyclic) bond motifs is 3. The Kier molecular flexibility index (Phi) is 5.88. The quantitative estimate of drug-likeness (QED) is 0.235. The lowest BCUT2D eigenvalue weighted by Gasteiger charge is -2.28. The van der Waals surface area contributed by atoms with Crippen LogP contribution in [0.3, 0.4) is 0 Å². The molecule has 0 saturated heterocycles. The van der Waals surface area contributed by atoms with E-state index in [4.69, 9.17) is 9.72 Å². The Morgan fingerprint density at radius 2 is 1.46 bits per heavy atom. The maximum atomic E-state index is 6.94. The molecule has 5 aromatic rings. The lowest BCUT2D eigenvalue weighted by Crippen LogP contribution is -2.13. The molecule has 0 bridgehead atoms. The van der Waals surface area contributed by atoms with Gasteiger partial charge < -0.3 is 4.74 Å². The molecule has 0 aliphatic carbocycles. The summed E-state index contributed by atoms with van der Waals surface area (Å²) in [5.41, 5.74) is 10.2. The van der Waals surface area contributed by atoms with Gasteiger partial charge in [-0.2, -0.15) is 0 Å². The van der Waals surface area contributed by atoms with Crippen LogP contribution in [0.25, 0.3) is 43.9 Å². The summed E-state index contributed by atoms with van der Waals surface area (Å²) in [4.78, 5) is 4.94. The van der Waals surface area contributed by atoms with Crippen molar-refractivity contribution in [3.63, 3.8) is 0 Å². The fourth-order valence-corrected chi connectivity index (χ4v) is 6.32. The molecule has 1 aliphatic heterocycles. The summed E-state index contributed by atoms with van der Waals surface area (Å²) in [5.74, 6) is 1.90. The molecular weight excluding hydrogens is 474 g/mol. The van der Waals surface area contributed by atoms with Gasteiger partial charge in [-0.1, -0.05) is 77.9 Å². The highest BCUT2D eigenvalue weighted by Crippen LogP contribution is 2.51. The van der Waals surface area contributed by atoms with Crippen LogP contribution in [0.5, 0.6) is 11.5 Å². The molecule has 198 valence electrons. The van der Waals surface area contributed by atoms with Crippen LogP contribution in [0.1, 0.15) is 63.8 Å². The second kappa shape index (κ2) is 8.95. The standard InChI is InChI=1S/C37H39NO/c1-22-10-9-11-23(2)32(22)26-13-12-25-18-29-34-33-27(14-15-38-34)16-24(20-36(3,4)5)17-31(33)39-35(29)30(28(25)19-26)21-37(6,7)8/h9-19H,20-21H2,1-8H3. The van der Waals surface area contributed by atoms with Crippen LogP contribution in [0.2, 0.25) is 0 Å². The Balaban J connectivity index is 1.63. The Hall–Kier alpha value is -3.65. The molecule has 0 radical (unpaired) electrons. The maximum Gasteiger partial charge on any atom is 0.140 e. The fourth-order valence-electron chi connectivity index (χ4n) is 6.32. The summed E-state index contributed by atoms with van der Waals surface area (Å²) in [6.07, 6.45) is 3.86. The van der Waals surface area contributed by atoms with Crippen LogP contribution in [0.4, 0.5) is 0 Å². The fraction of sp³-hybridized carbons (Fsp3) is 0.324. The van der Waals surface area contributed by atoms with Crippen molar-refractivity contribution in [2.24, 2.45) is 10.8 Å². The number of rotatable bonds is 3. The van der Waals surface area contributed by atoms with Crippen LogP contribution >= 0.6 is 0 Å². The zero-order valence-corrected chi connectivity index (χ0v) is 24.6. The van der Waals surface area contributed by atoms with Crippen LogP contribution in [-0.2, 0) is 12.8 Å². The van der Waals surface area contributed by atoms with Crippen molar-refractivity contribution in [1.82, 2.24) is 4.98 Å². The van der Waals surface area contributed by atoms with Crippen molar-refractivity contribution >= 4 is 21.5 Å². The molecule has 1 aliphatic rings. The molecule has 0 saturated carbocycles. The van der Waals surface area contributed by atoms with Gasteiger partial charge in [0, 0.05) is 17.3 Å². The molecule has 0 N–H and O–H groups in total. The van der Waals surface area contributed by atoms with Crippen molar-refractivity contribution in [3.8, 4) is 33.9 Å². The summed E-state index contributed by atoms with van der Waals surface area (Å²) in [5, 5.41) is 4.82. The molecule has 0 atom stereocenters. The van der Waals surface area contributed by atoms with Crippen molar-refractivity contribution in [2.45, 2.75) is 68.2 Å². The zero-order chi connectivity index (χ0) is 27.7. The second-order valence-corrected chi connectivity index (χ2v) is 13.9. The smallest absolute Gasteiger partial charge is 0.140 e. The van der Waals surface area contributed by atoms with Gasteiger partial charge in [-0.3, -0.25) is 4.98 Å². The van der Waals surface area contributed by atoms with Crippen LogP contribution in [-0.4, -0.2) is 4.98 Å². The molecule has 6 rings (SSSR count). The zero-order valence-electron chi connectivity index (χ0n) is 24.6. The van der Waals surface area contributed by atoms with Gasteiger partial charge in [0.05, 0.1) is 11.1 Å². The molecule has 2 heteroatoms. The predicted molar refractivity (Wildman–Crippen MR) is 166 cm³/mol. The molecule has 1 aromatic heterocycles. The third kappa shape index (κ3) is 4.71. The Labute approximate surface area is 233 Å². The largest absolute Gasteiger partial charge is 0.456 e. The first-order valence-electron chi connectivity index (χ1n) is 14.1. The van der Waals surface area contributed by atoms with Gasteiger partial charge in [-0.15, -0.1) is 0 Å². The lowest BCUT2D eigenvalue weighted by molar-refractivity contribution is 0.398. The number of benzene rings is 4. The summed E-state index contributed by atoms with van der Waals surface area (Å²) < 4.78 is 6.94. The Morgan fingerprint density at radius 3 is 2.15 bits per heavy atom. The highest BCUT2D eigenvalue weighted by Gasteiger charge is 2.28. The van der Waals surface area contributed by atoms with E-state index < -0.39 is 0 Å². The molecule has 2 heterocycles. The number of aryl methyl sites for hydroxylation is 2. The van der Waals surface area contributed by atoms with Crippen molar-refractivity contribution < 1.29 is 4.74 Å². The van der Waals surface area contributed by atoms with Crippen molar-refractivity contribution in [2.75, 3.05) is 0 Å². The van der Waals surface area contributed by atoms with E-state index in [1.165, 1.54) is 49.5 Å². The van der Waals surface area contributed by atoms with Gasteiger partial charge in [-0.25, -0.2) is 0 Å². The normalized spacial score (nSPS) is 13.0. The van der Waals surface area contributed by atoms with Crippen molar-refractivity contribution in [3.05, 3.63) is 89.1 Å². The van der Waals surface area contributed by atoms with Gasteiger partial charge in [0.25, 0.3) is 0 Å². The topological polar surface area (TPSA) is 22.1 Å². The number of hydrogen-bond donors (Lipinski definition) is 0. The minimum absolute atomic E-state index is 0.0911. The van der Waals surface area contributed by atoms with E-state index in [9.17, 15) is 0 Å². The molecule has 4 aromatic carbocycles. The molecule has 0 unspecified atom stereocenters. The van der Waals surface area contributed by atoms with Gasteiger partial charge in [0.1, 0.15) is 11.5 Å². The van der Waals surface area contributed by atoms with Gasteiger partial charge >= 0.3 is 0 Å². The van der Waals surface area contributed by atoms with Gasteiger partial charge in [0.2, 0.25) is 0 Å². The molecular formula is C37H39NO. The SMILES string of the molecule is Cc1cccc(C)c1-c1ccc2cc3c(c(CC(C)(C)C)c2c1)Oc1cc(CC(C)(C)C)cc2ccnc-3c12. The van der Waals surface area contributed by atoms with E-state index in [0.29, 0.717) is 0 Å². The van der Waals surface area contributed by atoms with E-state index in [2.05, 4.69) is 116 Å². The molecule has 39 heavy (non-hydrogen) atoms. The van der Waals surface area contributed by atoms with Crippen molar-refractivity contribution in [1.29, 1.82) is 0 Å². The number of hydrogen-bond acceptors (Lipinski definition) is 2. The first kappa shape index (κ1) is 25.6. The number of ether oxygens (including phenoxy) is 1. The van der Waals surface area contributed by atoms with Crippen LogP contribution < -0.4 is 4.74 Å². The van der Waals surface area contributed by atoms with Crippen LogP contribution in [0.15, 0.2) is 66.9 Å². The van der Waals surface area contributed by atoms with E-state index in [0.717, 1.165) is 41.0 Å². The molecule has 0 spiro atoms. The first-order valence-corrected chi connectivity index (χ1v) is 14.1. The van der Waals surface area contributed by atoms with Crippen LogP contribution in [0, 0.1) is 24.7 Å². The maximum absolute atomic E-state index is 6.94. The van der Waals surface area contributed by atoms with E-state index in [1.54, 1.807) is 0 Å². The summed E-state index contributed by atoms with van der Waals surface area (Å²) in [6, 6.07) is 22.5. The molecule has 0 amide bonds. The molecule has 2 nitrogen and oxygen atoms in total. The second-order valence-electron chi connectivity index (χ2n) is 13.9. The van der Waals surface area contributed by atoms with E-state index in [-0.39, 0.29) is 10.8 Å². The number of nitrogens with zero attached hydrogens (tertiary/aromatic N) is 1. The predicted octanol–water partition coefficient (Wildman–Crippen LogP) is 10.6. The average Bonchev–Trinajstić information content (AvgIpc) is 2.83.